The SMILES string of the molecule is C#CCN(CCC)C(=O)C1(CC(C)C)CCCC1. The van der Waals surface area contributed by atoms with E-state index in [1.54, 1.807) is 0 Å². The summed E-state index contributed by atoms with van der Waals surface area (Å²) in [7, 11) is 0. The molecule has 0 aromatic carbocycles. The molecule has 0 spiro atoms. The van der Waals surface area contributed by atoms with E-state index < -0.39 is 0 Å². The first-order valence-electron chi connectivity index (χ1n) is 7.28. The average Bonchev–Trinajstić information content (AvgIpc) is 2.76. The van der Waals surface area contributed by atoms with Gasteiger partial charge in [-0.2, -0.15) is 0 Å². The van der Waals surface area contributed by atoms with Crippen LogP contribution in [0.2, 0.25) is 0 Å². The van der Waals surface area contributed by atoms with Crippen molar-refractivity contribution >= 4 is 5.91 Å². The van der Waals surface area contributed by atoms with E-state index in [4.69, 9.17) is 6.42 Å². The lowest BCUT2D eigenvalue weighted by Gasteiger charge is -2.34. The van der Waals surface area contributed by atoms with Crippen molar-refractivity contribution in [2.24, 2.45) is 11.3 Å². The van der Waals surface area contributed by atoms with Gasteiger partial charge < -0.3 is 4.90 Å². The van der Waals surface area contributed by atoms with E-state index in [9.17, 15) is 4.79 Å². The van der Waals surface area contributed by atoms with Crippen molar-refractivity contribution in [3.63, 3.8) is 0 Å². The molecule has 2 heteroatoms. The van der Waals surface area contributed by atoms with Gasteiger partial charge in [-0.05, 0) is 31.6 Å². The zero-order chi connectivity index (χ0) is 13.6. The predicted molar refractivity (Wildman–Crippen MR) is 76.1 cm³/mol. The lowest BCUT2D eigenvalue weighted by molar-refractivity contribution is -0.142. The van der Waals surface area contributed by atoms with Gasteiger partial charge in [0, 0.05) is 12.0 Å². The molecular weight excluding hydrogens is 222 g/mol. The van der Waals surface area contributed by atoms with Crippen molar-refractivity contribution < 1.29 is 4.79 Å². The molecule has 1 rings (SSSR count). The lowest BCUT2D eigenvalue weighted by Crippen LogP contribution is -2.44. The van der Waals surface area contributed by atoms with E-state index >= 15 is 0 Å². The summed E-state index contributed by atoms with van der Waals surface area (Å²) in [5.74, 6) is 3.52. The van der Waals surface area contributed by atoms with Crippen LogP contribution in [0.25, 0.3) is 0 Å². The van der Waals surface area contributed by atoms with Crippen LogP contribution < -0.4 is 0 Å². The summed E-state index contributed by atoms with van der Waals surface area (Å²) in [6, 6.07) is 0. The van der Waals surface area contributed by atoms with Crippen molar-refractivity contribution in [1.82, 2.24) is 4.90 Å². The summed E-state index contributed by atoms with van der Waals surface area (Å²) in [6.45, 7) is 7.77. The smallest absolute Gasteiger partial charge is 0.229 e. The van der Waals surface area contributed by atoms with Gasteiger partial charge in [0.25, 0.3) is 0 Å². The van der Waals surface area contributed by atoms with Crippen LogP contribution in [0.5, 0.6) is 0 Å². The second-order valence-electron chi connectivity index (χ2n) is 6.02. The van der Waals surface area contributed by atoms with Gasteiger partial charge in [-0.3, -0.25) is 4.79 Å². The highest BCUT2D eigenvalue weighted by Gasteiger charge is 2.43. The highest BCUT2D eigenvalue weighted by molar-refractivity contribution is 5.83. The third kappa shape index (κ3) is 3.51. The zero-order valence-electron chi connectivity index (χ0n) is 12.2. The average molecular weight is 249 g/mol. The molecule has 0 aromatic rings. The van der Waals surface area contributed by atoms with Gasteiger partial charge in [-0.1, -0.05) is 39.5 Å². The van der Waals surface area contributed by atoms with E-state index in [2.05, 4.69) is 26.7 Å². The molecule has 0 aliphatic heterocycles. The fourth-order valence-corrected chi connectivity index (χ4v) is 3.31. The van der Waals surface area contributed by atoms with E-state index in [-0.39, 0.29) is 5.41 Å². The van der Waals surface area contributed by atoms with Gasteiger partial charge >= 0.3 is 0 Å². The molecule has 0 heterocycles. The molecule has 0 atom stereocenters. The molecule has 0 bridgehead atoms. The number of carbonyl (C=O) groups excluding carboxylic acids is 1. The number of rotatable bonds is 6. The highest BCUT2D eigenvalue weighted by atomic mass is 16.2. The van der Waals surface area contributed by atoms with Crippen LogP contribution in [0.4, 0.5) is 0 Å². The zero-order valence-corrected chi connectivity index (χ0v) is 12.2. The Hall–Kier alpha value is -0.970. The summed E-state index contributed by atoms with van der Waals surface area (Å²) in [5.41, 5.74) is -0.111. The maximum Gasteiger partial charge on any atom is 0.229 e. The van der Waals surface area contributed by atoms with Crippen LogP contribution in [0, 0.1) is 23.7 Å². The molecule has 18 heavy (non-hydrogen) atoms. The van der Waals surface area contributed by atoms with Crippen molar-refractivity contribution in [3.05, 3.63) is 0 Å². The van der Waals surface area contributed by atoms with E-state index in [1.165, 1.54) is 12.8 Å². The summed E-state index contributed by atoms with van der Waals surface area (Å²) in [4.78, 5) is 14.7. The first-order chi connectivity index (χ1) is 8.55. The van der Waals surface area contributed by atoms with Crippen molar-refractivity contribution in [3.8, 4) is 12.3 Å². The number of terminal acetylenes is 1. The van der Waals surface area contributed by atoms with Crippen molar-refractivity contribution in [1.29, 1.82) is 0 Å². The monoisotopic (exact) mass is 249 g/mol. The van der Waals surface area contributed by atoms with Crippen molar-refractivity contribution in [2.45, 2.75) is 59.3 Å². The van der Waals surface area contributed by atoms with E-state index in [0.29, 0.717) is 18.4 Å². The second-order valence-corrected chi connectivity index (χ2v) is 6.02. The first kappa shape index (κ1) is 15.1. The molecule has 1 aliphatic rings. The maximum atomic E-state index is 12.8. The van der Waals surface area contributed by atoms with Gasteiger partial charge in [-0.25, -0.2) is 0 Å². The Morgan fingerprint density at radius 3 is 2.44 bits per heavy atom. The fourth-order valence-electron chi connectivity index (χ4n) is 3.31. The van der Waals surface area contributed by atoms with E-state index in [1.807, 2.05) is 4.90 Å². The standard InChI is InChI=1S/C16H27NO/c1-5-11-17(12-6-2)15(18)16(13-14(3)4)9-7-8-10-16/h1,14H,6-13H2,2-4H3. The Bertz CT molecular complexity index is 308. The number of hydrogen-bond donors (Lipinski definition) is 0. The molecule has 0 radical (unpaired) electrons. The fraction of sp³-hybridized carbons (Fsp3) is 0.812. The van der Waals surface area contributed by atoms with Crippen LogP contribution in [-0.2, 0) is 4.79 Å². The molecule has 1 fully saturated rings. The Kier molecular flexibility index (Phi) is 5.72. The van der Waals surface area contributed by atoms with Gasteiger partial charge in [0.15, 0.2) is 0 Å². The number of carbonyl (C=O) groups is 1. The largest absolute Gasteiger partial charge is 0.331 e. The molecule has 1 aliphatic carbocycles. The minimum atomic E-state index is -0.111. The minimum absolute atomic E-state index is 0.111. The molecule has 102 valence electrons. The summed E-state index contributed by atoms with van der Waals surface area (Å²) >= 11 is 0. The van der Waals surface area contributed by atoms with Crippen LogP contribution in [-0.4, -0.2) is 23.9 Å². The summed E-state index contributed by atoms with van der Waals surface area (Å²) in [6.07, 6.45) is 11.9. The normalized spacial score (nSPS) is 17.7. The molecule has 0 saturated heterocycles. The van der Waals surface area contributed by atoms with Crippen LogP contribution in [0.1, 0.15) is 59.3 Å². The number of amides is 1. The maximum absolute atomic E-state index is 12.8. The number of hydrogen-bond acceptors (Lipinski definition) is 1. The summed E-state index contributed by atoms with van der Waals surface area (Å²) < 4.78 is 0. The Morgan fingerprint density at radius 1 is 1.39 bits per heavy atom. The van der Waals surface area contributed by atoms with E-state index in [0.717, 1.165) is 32.2 Å². The molecular formula is C16H27NO. The Morgan fingerprint density at radius 2 is 2.00 bits per heavy atom. The molecule has 2 nitrogen and oxygen atoms in total. The third-order valence-electron chi connectivity index (χ3n) is 3.88. The predicted octanol–water partition coefficient (Wildman–Crippen LogP) is 3.46. The minimum Gasteiger partial charge on any atom is -0.331 e. The van der Waals surface area contributed by atoms with Gasteiger partial charge in [0.05, 0.1) is 6.54 Å². The topological polar surface area (TPSA) is 20.3 Å². The van der Waals surface area contributed by atoms with Crippen LogP contribution in [0.15, 0.2) is 0 Å². The quantitative estimate of drug-likeness (QED) is 0.660. The highest BCUT2D eigenvalue weighted by Crippen LogP contribution is 2.44. The first-order valence-corrected chi connectivity index (χ1v) is 7.28. The number of nitrogens with zero attached hydrogens (tertiary/aromatic N) is 1. The van der Waals surface area contributed by atoms with Crippen LogP contribution in [0.3, 0.4) is 0 Å². The third-order valence-corrected chi connectivity index (χ3v) is 3.88. The van der Waals surface area contributed by atoms with Gasteiger partial charge in [0.2, 0.25) is 5.91 Å². The van der Waals surface area contributed by atoms with Gasteiger partial charge in [-0.15, -0.1) is 6.42 Å². The molecule has 0 unspecified atom stereocenters. The lowest BCUT2D eigenvalue weighted by atomic mass is 9.77. The Balaban J connectivity index is 2.83. The van der Waals surface area contributed by atoms with Crippen LogP contribution >= 0.6 is 0 Å². The second kappa shape index (κ2) is 6.83. The Labute approximate surface area is 112 Å². The molecule has 0 aromatic heterocycles. The molecule has 1 amide bonds. The summed E-state index contributed by atoms with van der Waals surface area (Å²) in [5, 5.41) is 0. The molecule has 1 saturated carbocycles. The van der Waals surface area contributed by atoms with Gasteiger partial charge in [0.1, 0.15) is 0 Å². The van der Waals surface area contributed by atoms with Crippen molar-refractivity contribution in [2.75, 3.05) is 13.1 Å². The molecule has 0 N–H and O–H groups in total.